The van der Waals surface area contributed by atoms with Crippen LogP contribution in [0.2, 0.25) is 0 Å². The predicted molar refractivity (Wildman–Crippen MR) is 98.6 cm³/mol. The molecule has 1 aromatic heterocycles. The van der Waals surface area contributed by atoms with Gasteiger partial charge < -0.3 is 26.0 Å². The van der Waals surface area contributed by atoms with Crippen LogP contribution in [0.25, 0.3) is 0 Å². The zero-order valence-electron chi connectivity index (χ0n) is 14.0. The fraction of sp³-hybridized carbons (Fsp3) is 0.235. The van der Waals surface area contributed by atoms with Gasteiger partial charge in [-0.3, -0.25) is 14.4 Å². The molecule has 0 aliphatic carbocycles. The summed E-state index contributed by atoms with van der Waals surface area (Å²) >= 11 is 1.22. The Morgan fingerprint density at radius 3 is 2.81 bits per heavy atom. The predicted octanol–water partition coefficient (Wildman–Crippen LogP) is 0.799. The quantitative estimate of drug-likeness (QED) is 0.716. The lowest BCUT2D eigenvalue weighted by atomic mass is 10.1. The van der Waals surface area contributed by atoms with Crippen molar-refractivity contribution in [2.24, 2.45) is 5.73 Å². The largest absolute Gasteiger partial charge is 0.477 e. The van der Waals surface area contributed by atoms with Gasteiger partial charge in [0.2, 0.25) is 5.91 Å². The molecule has 4 N–H and O–H groups in total. The molecule has 0 saturated carbocycles. The molecular weight excluding hydrogens is 356 g/mol. The lowest BCUT2D eigenvalue weighted by molar-refractivity contribution is -0.127. The molecule has 9 heteroatoms. The summed E-state index contributed by atoms with van der Waals surface area (Å²) in [6, 6.07) is 8.77. The van der Waals surface area contributed by atoms with Gasteiger partial charge in [0.05, 0.1) is 24.3 Å². The Bertz CT molecular complexity index is 851. The smallest absolute Gasteiger partial charge is 0.262 e. The normalized spacial score (nSPS) is 15.6. The Balaban J connectivity index is 1.77. The van der Waals surface area contributed by atoms with Gasteiger partial charge in [-0.25, -0.2) is 0 Å². The van der Waals surface area contributed by atoms with Crippen LogP contribution < -0.4 is 26.0 Å². The summed E-state index contributed by atoms with van der Waals surface area (Å²) in [6.45, 7) is 0.237. The Labute approximate surface area is 153 Å². The minimum atomic E-state index is -0.717. The van der Waals surface area contributed by atoms with Crippen LogP contribution in [0.4, 0.5) is 10.7 Å². The highest BCUT2D eigenvalue weighted by Gasteiger charge is 2.31. The number of likely N-dealkylation sites (N-methyl/N-ethyl adjacent to an activating group) is 1. The Kier molecular flexibility index (Phi) is 5.08. The number of ether oxygens (including phenoxy) is 1. The Hall–Kier alpha value is -3.07. The lowest BCUT2D eigenvalue weighted by Crippen LogP contribution is -2.50. The number of thiophene rings is 1. The van der Waals surface area contributed by atoms with Crippen molar-refractivity contribution in [3.05, 3.63) is 41.3 Å². The minimum absolute atomic E-state index is 0.00394. The molecule has 0 unspecified atom stereocenters. The molecule has 0 radical (unpaired) electrons. The Morgan fingerprint density at radius 1 is 1.31 bits per heavy atom. The summed E-state index contributed by atoms with van der Waals surface area (Å²) in [7, 11) is 1.53. The number of primary amides is 1. The third-order valence-corrected chi connectivity index (χ3v) is 4.75. The van der Waals surface area contributed by atoms with Crippen LogP contribution in [0.15, 0.2) is 35.7 Å². The summed E-state index contributed by atoms with van der Waals surface area (Å²) in [6.07, 6.45) is -0.717. The van der Waals surface area contributed by atoms with E-state index < -0.39 is 12.0 Å². The average molecular weight is 374 g/mol. The van der Waals surface area contributed by atoms with Gasteiger partial charge in [-0.15, -0.1) is 11.3 Å². The van der Waals surface area contributed by atoms with E-state index in [1.165, 1.54) is 18.4 Å². The minimum Gasteiger partial charge on any atom is -0.477 e. The number of nitrogens with one attached hydrogen (secondary N) is 2. The summed E-state index contributed by atoms with van der Waals surface area (Å²) in [4.78, 5) is 37.6. The van der Waals surface area contributed by atoms with Crippen molar-refractivity contribution in [2.45, 2.75) is 6.10 Å². The van der Waals surface area contributed by atoms with E-state index in [2.05, 4.69) is 10.6 Å². The van der Waals surface area contributed by atoms with Crippen molar-refractivity contribution in [2.75, 3.05) is 30.4 Å². The fourth-order valence-electron chi connectivity index (χ4n) is 2.69. The monoisotopic (exact) mass is 374 g/mol. The highest BCUT2D eigenvalue weighted by molar-refractivity contribution is 7.14. The van der Waals surface area contributed by atoms with Crippen molar-refractivity contribution < 1.29 is 19.1 Å². The van der Waals surface area contributed by atoms with Gasteiger partial charge in [-0.05, 0) is 23.6 Å². The molecule has 2 heterocycles. The maximum Gasteiger partial charge on any atom is 0.262 e. The first-order chi connectivity index (χ1) is 12.5. The van der Waals surface area contributed by atoms with Crippen LogP contribution in [-0.4, -0.2) is 44.0 Å². The molecule has 0 fully saturated rings. The number of nitrogens with two attached hydrogens (primary N) is 1. The number of hydrogen-bond acceptors (Lipinski definition) is 6. The second-order valence-corrected chi connectivity index (χ2v) is 6.56. The van der Waals surface area contributed by atoms with Crippen molar-refractivity contribution in [1.82, 2.24) is 5.32 Å². The van der Waals surface area contributed by atoms with Gasteiger partial charge in [-0.1, -0.05) is 12.1 Å². The second-order valence-electron chi connectivity index (χ2n) is 5.64. The zero-order chi connectivity index (χ0) is 18.7. The first-order valence-electron chi connectivity index (χ1n) is 7.89. The molecule has 1 aliphatic rings. The van der Waals surface area contributed by atoms with E-state index in [1.54, 1.807) is 28.5 Å². The SMILES string of the molecule is CNC(=O)[C@@H]1CN(CC(=O)Nc2sccc2C(N)=O)c2ccccc2O1. The molecule has 136 valence electrons. The number of anilines is 2. The number of benzene rings is 1. The van der Waals surface area contributed by atoms with E-state index in [0.29, 0.717) is 10.8 Å². The van der Waals surface area contributed by atoms with Crippen molar-refractivity contribution >= 4 is 39.7 Å². The standard InChI is InChI=1S/C17H18N4O4S/c1-19-16(24)13-8-21(11-4-2-3-5-12(11)25-13)9-14(22)20-17-10(15(18)23)6-7-26-17/h2-7,13H,8-9H2,1H3,(H2,18,23)(H,19,24)(H,20,22)/t13-/m0/s1. The van der Waals surface area contributed by atoms with E-state index in [9.17, 15) is 14.4 Å². The molecule has 1 aliphatic heterocycles. The summed E-state index contributed by atoms with van der Waals surface area (Å²) in [5, 5.41) is 7.35. The molecule has 1 aromatic carbocycles. The number of carbonyl (C=O) groups is 3. The van der Waals surface area contributed by atoms with Crippen molar-refractivity contribution in [3.8, 4) is 5.75 Å². The van der Waals surface area contributed by atoms with Crippen LogP contribution >= 0.6 is 11.3 Å². The molecule has 0 saturated heterocycles. The molecule has 26 heavy (non-hydrogen) atoms. The van der Waals surface area contributed by atoms with Crippen molar-refractivity contribution in [3.63, 3.8) is 0 Å². The van der Waals surface area contributed by atoms with Gasteiger partial charge in [0.25, 0.3) is 11.8 Å². The lowest BCUT2D eigenvalue weighted by Gasteiger charge is -2.34. The molecule has 1 atom stereocenters. The number of nitrogens with zero attached hydrogens (tertiary/aromatic N) is 1. The van der Waals surface area contributed by atoms with Crippen molar-refractivity contribution in [1.29, 1.82) is 0 Å². The third kappa shape index (κ3) is 3.62. The maximum absolute atomic E-state index is 12.5. The van der Waals surface area contributed by atoms with Crippen LogP contribution in [0.5, 0.6) is 5.75 Å². The maximum atomic E-state index is 12.5. The van der Waals surface area contributed by atoms with Gasteiger partial charge in [0.1, 0.15) is 10.8 Å². The van der Waals surface area contributed by atoms with E-state index in [1.807, 2.05) is 12.1 Å². The van der Waals surface area contributed by atoms with Gasteiger partial charge in [-0.2, -0.15) is 0 Å². The average Bonchev–Trinajstić information content (AvgIpc) is 3.09. The van der Waals surface area contributed by atoms with E-state index in [-0.39, 0.29) is 30.5 Å². The highest BCUT2D eigenvalue weighted by atomic mass is 32.1. The summed E-state index contributed by atoms with van der Waals surface area (Å²) < 4.78 is 5.71. The third-order valence-electron chi connectivity index (χ3n) is 3.92. The van der Waals surface area contributed by atoms with Crippen LogP contribution in [-0.2, 0) is 9.59 Å². The molecule has 3 rings (SSSR count). The van der Waals surface area contributed by atoms with Gasteiger partial charge in [0, 0.05) is 7.05 Å². The summed E-state index contributed by atoms with van der Waals surface area (Å²) in [5.74, 6) is -0.645. The number of para-hydroxylation sites is 2. The molecule has 3 amide bonds. The first kappa shape index (κ1) is 17.7. The highest BCUT2D eigenvalue weighted by Crippen LogP contribution is 2.33. The molecular formula is C17H18N4O4S. The number of rotatable bonds is 5. The fourth-order valence-corrected chi connectivity index (χ4v) is 3.50. The van der Waals surface area contributed by atoms with Crippen LogP contribution in [0.1, 0.15) is 10.4 Å². The van der Waals surface area contributed by atoms with E-state index in [0.717, 1.165) is 5.69 Å². The topological polar surface area (TPSA) is 114 Å². The molecule has 8 nitrogen and oxygen atoms in total. The second kappa shape index (κ2) is 7.44. The Morgan fingerprint density at radius 2 is 2.08 bits per heavy atom. The van der Waals surface area contributed by atoms with E-state index >= 15 is 0 Å². The zero-order valence-corrected chi connectivity index (χ0v) is 14.8. The molecule has 0 spiro atoms. The molecule has 0 bridgehead atoms. The number of amides is 3. The van der Waals surface area contributed by atoms with Crippen LogP contribution in [0, 0.1) is 0 Å². The number of carbonyl (C=O) groups excluding carboxylic acids is 3. The number of fused-ring (bicyclic) bond motifs is 1. The van der Waals surface area contributed by atoms with Gasteiger partial charge in [0.15, 0.2) is 6.10 Å². The first-order valence-corrected chi connectivity index (χ1v) is 8.77. The van der Waals surface area contributed by atoms with Gasteiger partial charge >= 0.3 is 0 Å². The summed E-state index contributed by atoms with van der Waals surface area (Å²) in [5.41, 5.74) is 6.29. The molecule has 2 aromatic rings. The van der Waals surface area contributed by atoms with Crippen LogP contribution in [0.3, 0.4) is 0 Å². The van der Waals surface area contributed by atoms with E-state index in [4.69, 9.17) is 10.5 Å². The number of hydrogen-bond donors (Lipinski definition) is 3.